The molecule has 3 atom stereocenters. The van der Waals surface area contributed by atoms with Gasteiger partial charge in [0.25, 0.3) is 0 Å². The lowest BCUT2D eigenvalue weighted by Gasteiger charge is -2.30. The van der Waals surface area contributed by atoms with Crippen LogP contribution in [0.25, 0.3) is 11.1 Å². The van der Waals surface area contributed by atoms with E-state index in [2.05, 4.69) is 12.1 Å². The Morgan fingerprint density at radius 3 is 2.24 bits per heavy atom. The number of hydrogen-bond donors (Lipinski definition) is 3. The van der Waals surface area contributed by atoms with E-state index in [1.165, 1.54) is 12.7 Å². The molecular weight excluding hydrogens is 464 g/mol. The highest BCUT2D eigenvalue weighted by molar-refractivity contribution is 5.95. The molecule has 37 heavy (non-hydrogen) atoms. The molecule has 1 saturated heterocycles. The van der Waals surface area contributed by atoms with Crippen LogP contribution < -0.4 is 11.5 Å². The minimum Gasteiger partial charge on any atom is -0.469 e. The molecule has 1 aliphatic rings. The van der Waals surface area contributed by atoms with Crippen LogP contribution in [-0.4, -0.2) is 42.3 Å². The Balaban J connectivity index is 1.49. The van der Waals surface area contributed by atoms with E-state index in [-0.39, 0.29) is 36.2 Å². The third kappa shape index (κ3) is 6.24. The van der Waals surface area contributed by atoms with Crippen molar-refractivity contribution in [1.82, 2.24) is 4.90 Å². The van der Waals surface area contributed by atoms with Gasteiger partial charge in [0.1, 0.15) is 5.84 Å². The zero-order chi connectivity index (χ0) is 26.4. The van der Waals surface area contributed by atoms with Gasteiger partial charge in [-0.05, 0) is 41.5 Å². The summed E-state index contributed by atoms with van der Waals surface area (Å²) < 4.78 is 4.83. The van der Waals surface area contributed by atoms with Gasteiger partial charge < -0.3 is 21.1 Å². The first kappa shape index (κ1) is 26.1. The first-order valence-corrected chi connectivity index (χ1v) is 12.6. The molecule has 0 saturated carbocycles. The van der Waals surface area contributed by atoms with Crippen molar-refractivity contribution < 1.29 is 14.3 Å². The van der Waals surface area contributed by atoms with E-state index in [1.807, 2.05) is 71.6 Å². The maximum atomic E-state index is 13.3. The Morgan fingerprint density at radius 1 is 1.03 bits per heavy atom. The van der Waals surface area contributed by atoms with Crippen LogP contribution in [0.2, 0.25) is 0 Å². The van der Waals surface area contributed by atoms with Crippen LogP contribution >= 0.6 is 0 Å². The molecule has 7 heteroatoms. The number of likely N-dealkylation sites (tertiary alicyclic amines) is 1. The topological polar surface area (TPSA) is 122 Å². The van der Waals surface area contributed by atoms with Crippen molar-refractivity contribution in [1.29, 1.82) is 5.41 Å². The van der Waals surface area contributed by atoms with E-state index in [4.69, 9.17) is 21.6 Å². The highest BCUT2D eigenvalue weighted by Crippen LogP contribution is 2.35. The molecule has 192 valence electrons. The van der Waals surface area contributed by atoms with Gasteiger partial charge >= 0.3 is 5.97 Å². The number of amidine groups is 1. The summed E-state index contributed by atoms with van der Waals surface area (Å²) in [4.78, 5) is 27.1. The van der Waals surface area contributed by atoms with Crippen molar-refractivity contribution in [2.24, 2.45) is 17.4 Å². The van der Waals surface area contributed by atoms with Crippen LogP contribution in [0.1, 0.15) is 42.0 Å². The molecule has 0 aliphatic carbocycles. The molecule has 1 heterocycles. The average Bonchev–Trinajstić information content (AvgIpc) is 3.23. The van der Waals surface area contributed by atoms with Gasteiger partial charge in [-0.2, -0.15) is 0 Å². The average molecular weight is 499 g/mol. The van der Waals surface area contributed by atoms with Crippen LogP contribution in [0.5, 0.6) is 0 Å². The smallest absolute Gasteiger partial charge is 0.306 e. The minimum atomic E-state index is -0.417. The number of benzene rings is 3. The van der Waals surface area contributed by atoms with Crippen molar-refractivity contribution in [3.05, 3.63) is 95.6 Å². The SMILES string of the molecule is COC(=O)C[C@@H]1C[C@@H](C(N)c2ccc(-c3ccc(C(=N)N)cc3)cc2)N(CCCc2ccccc2)C1=O. The lowest BCUT2D eigenvalue weighted by atomic mass is 9.92. The van der Waals surface area contributed by atoms with Crippen LogP contribution in [0.3, 0.4) is 0 Å². The number of hydrogen-bond acceptors (Lipinski definition) is 5. The maximum Gasteiger partial charge on any atom is 0.306 e. The molecule has 1 unspecified atom stereocenters. The third-order valence-electron chi connectivity index (χ3n) is 7.15. The molecule has 7 nitrogen and oxygen atoms in total. The van der Waals surface area contributed by atoms with Gasteiger partial charge in [-0.3, -0.25) is 15.0 Å². The summed E-state index contributed by atoms with van der Waals surface area (Å²) in [7, 11) is 1.35. The van der Waals surface area contributed by atoms with Crippen LogP contribution in [0, 0.1) is 11.3 Å². The van der Waals surface area contributed by atoms with Crippen molar-refractivity contribution in [2.75, 3.05) is 13.7 Å². The summed E-state index contributed by atoms with van der Waals surface area (Å²) in [5, 5.41) is 7.56. The summed E-state index contributed by atoms with van der Waals surface area (Å²) in [6.07, 6.45) is 2.28. The second-order valence-corrected chi connectivity index (χ2v) is 9.54. The molecule has 3 aromatic carbocycles. The number of esters is 1. The summed E-state index contributed by atoms with van der Waals surface area (Å²) in [5.74, 6) is -0.782. The summed E-state index contributed by atoms with van der Waals surface area (Å²) >= 11 is 0. The van der Waals surface area contributed by atoms with Crippen LogP contribution in [0.4, 0.5) is 0 Å². The fourth-order valence-corrected chi connectivity index (χ4v) is 5.05. The van der Waals surface area contributed by atoms with E-state index in [1.54, 1.807) is 0 Å². The van der Waals surface area contributed by atoms with E-state index in [9.17, 15) is 9.59 Å². The molecule has 0 radical (unpaired) electrons. The van der Waals surface area contributed by atoms with E-state index < -0.39 is 5.92 Å². The molecule has 5 N–H and O–H groups in total. The lowest BCUT2D eigenvalue weighted by molar-refractivity contribution is -0.144. The Hall–Kier alpha value is -3.97. The summed E-state index contributed by atoms with van der Waals surface area (Å²) in [5.41, 5.74) is 17.2. The molecular formula is C30H34N4O3. The fourth-order valence-electron chi connectivity index (χ4n) is 5.05. The number of ether oxygens (including phenoxy) is 1. The number of rotatable bonds is 10. The van der Waals surface area contributed by atoms with Crippen LogP contribution in [-0.2, 0) is 20.7 Å². The van der Waals surface area contributed by atoms with Crippen molar-refractivity contribution in [3.8, 4) is 11.1 Å². The Bertz CT molecular complexity index is 1230. The molecule has 1 aliphatic heterocycles. The second kappa shape index (κ2) is 11.8. The molecule has 3 aromatic rings. The molecule has 0 aromatic heterocycles. The van der Waals surface area contributed by atoms with Gasteiger partial charge in [0.05, 0.1) is 31.5 Å². The van der Waals surface area contributed by atoms with Crippen molar-refractivity contribution in [3.63, 3.8) is 0 Å². The molecule has 0 bridgehead atoms. The van der Waals surface area contributed by atoms with Gasteiger partial charge in [0.15, 0.2) is 0 Å². The van der Waals surface area contributed by atoms with E-state index in [0.29, 0.717) is 18.5 Å². The lowest BCUT2D eigenvalue weighted by Crippen LogP contribution is -2.41. The molecule has 4 rings (SSSR count). The number of carbonyl (C=O) groups excluding carboxylic acids is 2. The zero-order valence-electron chi connectivity index (χ0n) is 21.1. The van der Waals surface area contributed by atoms with Gasteiger partial charge in [-0.1, -0.05) is 78.9 Å². The Labute approximate surface area is 217 Å². The minimum absolute atomic E-state index is 0.0268. The maximum absolute atomic E-state index is 13.3. The highest BCUT2D eigenvalue weighted by Gasteiger charge is 2.43. The predicted octanol–water partition coefficient (Wildman–Crippen LogP) is 4.05. The monoisotopic (exact) mass is 498 g/mol. The number of nitrogens with zero attached hydrogens (tertiary/aromatic N) is 1. The quantitative estimate of drug-likeness (QED) is 0.221. The van der Waals surface area contributed by atoms with Gasteiger partial charge in [0.2, 0.25) is 5.91 Å². The molecule has 1 amide bonds. The first-order chi connectivity index (χ1) is 17.9. The number of methoxy groups -OCH3 is 1. The number of amides is 1. The Morgan fingerprint density at radius 2 is 1.65 bits per heavy atom. The van der Waals surface area contributed by atoms with E-state index in [0.717, 1.165) is 29.5 Å². The van der Waals surface area contributed by atoms with Gasteiger partial charge in [0, 0.05) is 12.1 Å². The first-order valence-electron chi connectivity index (χ1n) is 12.6. The number of carbonyl (C=O) groups is 2. The van der Waals surface area contributed by atoms with Crippen molar-refractivity contribution in [2.45, 2.75) is 37.8 Å². The second-order valence-electron chi connectivity index (χ2n) is 9.54. The van der Waals surface area contributed by atoms with Crippen molar-refractivity contribution >= 4 is 17.7 Å². The number of nitrogens with two attached hydrogens (primary N) is 2. The zero-order valence-corrected chi connectivity index (χ0v) is 21.1. The Kier molecular flexibility index (Phi) is 8.36. The molecule has 1 fully saturated rings. The normalized spacial score (nSPS) is 18.0. The summed E-state index contributed by atoms with van der Waals surface area (Å²) in [6, 6.07) is 25.2. The predicted molar refractivity (Wildman–Crippen MR) is 145 cm³/mol. The van der Waals surface area contributed by atoms with E-state index >= 15 is 0 Å². The number of aryl methyl sites for hydroxylation is 1. The van der Waals surface area contributed by atoms with Gasteiger partial charge in [-0.25, -0.2) is 0 Å². The van der Waals surface area contributed by atoms with Gasteiger partial charge in [-0.15, -0.1) is 0 Å². The standard InChI is InChI=1S/C30H34N4O3/c1-37-27(35)19-25-18-26(34(30(25)36)17-5-8-20-6-3-2-4-7-20)28(31)23-13-9-21(10-14-23)22-11-15-24(16-12-22)29(32)33/h2-4,6-7,9-16,25-26,28H,5,8,17-19,31H2,1H3,(H3,32,33)/t25-,26-,28?/m0/s1. The summed E-state index contributed by atoms with van der Waals surface area (Å²) in [6.45, 7) is 0.588. The van der Waals surface area contributed by atoms with Crippen LogP contribution in [0.15, 0.2) is 78.9 Å². The molecule has 0 spiro atoms. The third-order valence-corrected chi connectivity index (χ3v) is 7.15. The number of nitrogens with one attached hydrogen (secondary N) is 1. The highest BCUT2D eigenvalue weighted by atomic mass is 16.5. The largest absolute Gasteiger partial charge is 0.469 e. The number of nitrogen functional groups attached to an aromatic ring is 1. The fraction of sp³-hybridized carbons (Fsp3) is 0.300.